The van der Waals surface area contributed by atoms with Gasteiger partial charge in [0, 0.05) is 49.3 Å². The van der Waals surface area contributed by atoms with E-state index in [9.17, 15) is 0 Å². The van der Waals surface area contributed by atoms with Crippen molar-refractivity contribution < 1.29 is 8.83 Å². The standard InChI is InChI=1S/C52H35N3O2/c1-3-12-32(13-4-1)43-31-44(33-14-5-2-6-15-33)54-52(53-43)40-18-11-21-49-51(40)42-28-34(23-26-48(42)56-49)35-22-25-39-41-30-36(24-27-47(41)57-50(39)29-35)55-45-19-9-7-16-37(45)38-17-8-10-20-46(38)55/h1-31,43,52-54H. The third-order valence-corrected chi connectivity index (χ3v) is 11.7. The van der Waals surface area contributed by atoms with Crippen LogP contribution in [-0.4, -0.2) is 4.57 Å². The van der Waals surface area contributed by atoms with Crippen molar-refractivity contribution in [3.63, 3.8) is 0 Å². The molecule has 5 heteroatoms. The maximum Gasteiger partial charge on any atom is 0.136 e. The number of aromatic nitrogens is 1. The number of benzene rings is 8. The lowest BCUT2D eigenvalue weighted by Crippen LogP contribution is -2.39. The molecule has 2 N–H and O–H groups in total. The Bertz CT molecular complexity index is 3320. The first-order valence-corrected chi connectivity index (χ1v) is 19.5. The smallest absolute Gasteiger partial charge is 0.136 e. The number of rotatable bonds is 5. The lowest BCUT2D eigenvalue weighted by atomic mass is 9.96. The van der Waals surface area contributed by atoms with E-state index < -0.39 is 0 Å². The number of hydrogen-bond acceptors (Lipinski definition) is 4. The zero-order chi connectivity index (χ0) is 37.5. The van der Waals surface area contributed by atoms with Gasteiger partial charge >= 0.3 is 0 Å². The molecule has 2 unspecified atom stereocenters. The lowest BCUT2D eigenvalue weighted by molar-refractivity contribution is 0.445. The first kappa shape index (κ1) is 32.0. The van der Waals surface area contributed by atoms with Gasteiger partial charge in [-0.2, -0.15) is 0 Å². The van der Waals surface area contributed by atoms with Crippen LogP contribution in [0.5, 0.6) is 0 Å². The van der Waals surface area contributed by atoms with Gasteiger partial charge in [0.2, 0.25) is 0 Å². The Balaban J connectivity index is 0.948. The van der Waals surface area contributed by atoms with Crippen molar-refractivity contribution in [2.75, 3.05) is 0 Å². The molecule has 0 bridgehead atoms. The maximum absolute atomic E-state index is 6.55. The molecule has 2 atom stereocenters. The van der Waals surface area contributed by atoms with Gasteiger partial charge in [-0.3, -0.25) is 5.32 Å². The predicted octanol–water partition coefficient (Wildman–Crippen LogP) is 13.2. The van der Waals surface area contributed by atoms with Gasteiger partial charge in [-0.1, -0.05) is 121 Å². The van der Waals surface area contributed by atoms with E-state index in [0.717, 1.165) is 77.5 Å². The van der Waals surface area contributed by atoms with Gasteiger partial charge in [0.25, 0.3) is 0 Å². The van der Waals surface area contributed by atoms with E-state index in [1.807, 2.05) is 0 Å². The summed E-state index contributed by atoms with van der Waals surface area (Å²) in [5, 5.41) is 14.6. The lowest BCUT2D eigenvalue weighted by Gasteiger charge is -2.33. The zero-order valence-corrected chi connectivity index (χ0v) is 30.8. The van der Waals surface area contributed by atoms with E-state index in [1.165, 1.54) is 27.4 Å². The normalized spacial score (nSPS) is 15.9. The molecule has 0 fully saturated rings. The van der Waals surface area contributed by atoms with Gasteiger partial charge in [-0.25, -0.2) is 0 Å². The van der Waals surface area contributed by atoms with E-state index in [0.29, 0.717) is 0 Å². The highest BCUT2D eigenvalue weighted by Crippen LogP contribution is 2.41. The van der Waals surface area contributed by atoms with Gasteiger partial charge in [0.05, 0.1) is 17.1 Å². The van der Waals surface area contributed by atoms with Crippen LogP contribution in [0, 0.1) is 0 Å². The van der Waals surface area contributed by atoms with E-state index in [4.69, 9.17) is 8.83 Å². The van der Waals surface area contributed by atoms with Gasteiger partial charge in [0.15, 0.2) is 0 Å². The van der Waals surface area contributed by atoms with Gasteiger partial charge in [-0.05, 0) is 89.0 Å². The van der Waals surface area contributed by atoms with Gasteiger partial charge in [-0.15, -0.1) is 0 Å². The van der Waals surface area contributed by atoms with Crippen molar-refractivity contribution in [1.29, 1.82) is 0 Å². The Morgan fingerprint density at radius 2 is 1.11 bits per heavy atom. The molecule has 11 aromatic rings. The molecule has 0 radical (unpaired) electrons. The molecular weight excluding hydrogens is 699 g/mol. The second-order valence-corrected chi connectivity index (χ2v) is 15.0. The van der Waals surface area contributed by atoms with Crippen LogP contribution in [0.3, 0.4) is 0 Å². The topological polar surface area (TPSA) is 55.3 Å². The SMILES string of the molecule is C1=C(c2ccccc2)NC(c2cccc3oc4ccc(-c5ccc6c(c5)oc5ccc(-n7c8ccccc8c8ccccc87)cc56)cc4c23)NC1c1ccccc1. The summed E-state index contributed by atoms with van der Waals surface area (Å²) in [7, 11) is 0. The molecular formula is C52H35N3O2. The van der Waals surface area contributed by atoms with Crippen LogP contribution >= 0.6 is 0 Å². The molecule has 3 aromatic heterocycles. The molecule has 0 amide bonds. The third-order valence-electron chi connectivity index (χ3n) is 11.7. The van der Waals surface area contributed by atoms with Crippen molar-refractivity contribution in [2.45, 2.75) is 12.2 Å². The van der Waals surface area contributed by atoms with E-state index in [1.54, 1.807) is 0 Å². The molecule has 1 aliphatic rings. The minimum atomic E-state index is -0.164. The number of nitrogens with zero attached hydrogens (tertiary/aromatic N) is 1. The van der Waals surface area contributed by atoms with E-state index in [-0.39, 0.29) is 12.2 Å². The largest absolute Gasteiger partial charge is 0.456 e. The van der Waals surface area contributed by atoms with E-state index in [2.05, 4.69) is 203 Å². The molecule has 270 valence electrons. The van der Waals surface area contributed by atoms with Crippen molar-refractivity contribution in [3.8, 4) is 16.8 Å². The first-order valence-electron chi connectivity index (χ1n) is 19.5. The summed E-state index contributed by atoms with van der Waals surface area (Å²) >= 11 is 0. The van der Waals surface area contributed by atoms with Crippen molar-refractivity contribution in [1.82, 2.24) is 15.2 Å². The molecule has 5 nitrogen and oxygen atoms in total. The van der Waals surface area contributed by atoms with Crippen molar-refractivity contribution in [3.05, 3.63) is 205 Å². The summed E-state index contributed by atoms with van der Waals surface area (Å²) in [5.41, 5.74) is 13.7. The number of para-hydroxylation sites is 2. The average molecular weight is 734 g/mol. The van der Waals surface area contributed by atoms with E-state index >= 15 is 0 Å². The molecule has 8 aromatic carbocycles. The predicted molar refractivity (Wildman–Crippen MR) is 233 cm³/mol. The molecule has 0 spiro atoms. The van der Waals surface area contributed by atoms with Gasteiger partial charge in [0.1, 0.15) is 28.5 Å². The summed E-state index contributed by atoms with van der Waals surface area (Å²) in [4.78, 5) is 0. The minimum absolute atomic E-state index is 0.0187. The molecule has 0 saturated carbocycles. The monoisotopic (exact) mass is 733 g/mol. The van der Waals surface area contributed by atoms with Crippen molar-refractivity contribution >= 4 is 71.4 Å². The quantitative estimate of drug-likeness (QED) is 0.185. The van der Waals surface area contributed by atoms with Crippen molar-refractivity contribution in [2.24, 2.45) is 0 Å². The third kappa shape index (κ3) is 5.13. The summed E-state index contributed by atoms with van der Waals surface area (Å²) in [6, 6.07) is 64.4. The molecule has 57 heavy (non-hydrogen) atoms. The molecule has 0 saturated heterocycles. The Morgan fingerprint density at radius 1 is 0.439 bits per heavy atom. The van der Waals surface area contributed by atoms with Crippen LogP contribution in [-0.2, 0) is 0 Å². The maximum atomic E-state index is 6.55. The summed E-state index contributed by atoms with van der Waals surface area (Å²) in [6.45, 7) is 0. The second kappa shape index (κ2) is 12.6. The summed E-state index contributed by atoms with van der Waals surface area (Å²) < 4.78 is 15.4. The Labute approximate surface area is 328 Å². The number of furan rings is 2. The highest BCUT2D eigenvalue weighted by molar-refractivity contribution is 6.12. The Kier molecular flexibility index (Phi) is 7.06. The fourth-order valence-corrected chi connectivity index (χ4v) is 9.02. The zero-order valence-electron chi connectivity index (χ0n) is 30.8. The number of nitrogens with one attached hydrogen (secondary N) is 2. The van der Waals surface area contributed by atoms with Crippen LogP contribution in [0.25, 0.3) is 88.2 Å². The van der Waals surface area contributed by atoms with Crippen LogP contribution in [0.4, 0.5) is 0 Å². The summed E-state index contributed by atoms with van der Waals surface area (Å²) in [5.74, 6) is 0. The highest BCUT2D eigenvalue weighted by atomic mass is 16.3. The molecule has 0 aliphatic carbocycles. The average Bonchev–Trinajstić information content (AvgIpc) is 3.95. The Morgan fingerprint density at radius 3 is 1.91 bits per heavy atom. The van der Waals surface area contributed by atoms with Crippen LogP contribution in [0.2, 0.25) is 0 Å². The second-order valence-electron chi connectivity index (χ2n) is 15.0. The molecule has 1 aliphatic heterocycles. The fraction of sp³-hybridized carbons (Fsp3) is 0.0385. The van der Waals surface area contributed by atoms with Crippen LogP contribution in [0.15, 0.2) is 197 Å². The Hall–Kier alpha value is -7.34. The van der Waals surface area contributed by atoms with Crippen LogP contribution < -0.4 is 10.6 Å². The fourth-order valence-electron chi connectivity index (χ4n) is 9.02. The summed E-state index contributed by atoms with van der Waals surface area (Å²) in [6.07, 6.45) is 2.12. The minimum Gasteiger partial charge on any atom is -0.456 e. The molecule has 12 rings (SSSR count). The number of fused-ring (bicyclic) bond motifs is 9. The number of hydrogen-bond donors (Lipinski definition) is 2. The van der Waals surface area contributed by atoms with Crippen LogP contribution in [0.1, 0.15) is 28.9 Å². The highest BCUT2D eigenvalue weighted by Gasteiger charge is 2.27. The molecule has 4 heterocycles. The van der Waals surface area contributed by atoms with Gasteiger partial charge < -0.3 is 18.7 Å². The first-order chi connectivity index (χ1) is 28.2.